The summed E-state index contributed by atoms with van der Waals surface area (Å²) in [5, 5.41) is 57.1. The third kappa shape index (κ3) is 43.5. The van der Waals surface area contributed by atoms with E-state index in [2.05, 4.69) is 99.0 Å². The second-order valence-corrected chi connectivity index (χ2v) is 22.5. The van der Waals surface area contributed by atoms with Crippen LogP contribution in [-0.4, -0.2) is 99.6 Å². The number of allylic oxidation sites excluding steroid dienone is 13. The Morgan fingerprint density at radius 3 is 1.36 bits per heavy atom. The standard InChI is InChI=1S/C69H121NO10/c1-4-7-10-13-16-19-22-25-27-29-30-31-32-33-35-36-38-41-44-47-50-53-56-62(73)68(77)70-60(61(72)55-52-49-46-43-40-24-21-18-15-12-9-6-3)59-78-69-67(66(76)65(75)63(58-71)79-69)80-64(74)57-54-51-48-45-42-39-37-34-28-26-23-20-17-14-11-8-5-2/h7,10,16,19,25-28,30-31,33,35,52,55,60-63,65-67,69,71-73,75-76H,4-6,8-9,11-15,17-18,20-24,29,32,34,36-51,53-54,56-59H2,1-3H3,(H,70,77)/b10-7-,19-16-,27-25-,28-26+,31-30-,35-33-,55-52+. The van der Waals surface area contributed by atoms with Crippen LogP contribution in [0.3, 0.4) is 0 Å². The van der Waals surface area contributed by atoms with Gasteiger partial charge in [0.05, 0.1) is 25.4 Å². The van der Waals surface area contributed by atoms with Crippen LogP contribution in [0.2, 0.25) is 0 Å². The number of carbonyl (C=O) groups excluding carboxylic acids is 2. The normalized spacial score (nSPS) is 19.3. The molecule has 0 aliphatic carbocycles. The molecule has 0 spiro atoms. The van der Waals surface area contributed by atoms with E-state index in [1.54, 1.807) is 6.08 Å². The summed E-state index contributed by atoms with van der Waals surface area (Å²) in [7, 11) is 0. The summed E-state index contributed by atoms with van der Waals surface area (Å²) in [5.74, 6) is -1.21. The van der Waals surface area contributed by atoms with Crippen LogP contribution < -0.4 is 5.32 Å². The highest BCUT2D eigenvalue weighted by atomic mass is 16.7. The molecule has 1 heterocycles. The molecule has 1 amide bonds. The molecule has 8 unspecified atom stereocenters. The van der Waals surface area contributed by atoms with Crippen LogP contribution in [0, 0.1) is 0 Å². The molecule has 0 radical (unpaired) electrons. The zero-order chi connectivity index (χ0) is 58.2. The maximum Gasteiger partial charge on any atom is 0.306 e. The molecule has 0 aromatic rings. The lowest BCUT2D eigenvalue weighted by Gasteiger charge is -2.41. The van der Waals surface area contributed by atoms with Gasteiger partial charge in [0.1, 0.15) is 24.4 Å². The van der Waals surface area contributed by atoms with E-state index < -0.39 is 67.4 Å². The number of carbonyl (C=O) groups is 2. The van der Waals surface area contributed by atoms with E-state index in [0.717, 1.165) is 122 Å². The van der Waals surface area contributed by atoms with Gasteiger partial charge in [0.25, 0.3) is 0 Å². The molecule has 1 fully saturated rings. The average molecular weight is 1120 g/mol. The number of aliphatic hydroxyl groups is 5. The summed E-state index contributed by atoms with van der Waals surface area (Å²) in [5.41, 5.74) is 0. The zero-order valence-corrected chi connectivity index (χ0v) is 51.2. The summed E-state index contributed by atoms with van der Waals surface area (Å²) < 4.78 is 17.6. The Balaban J connectivity index is 2.66. The van der Waals surface area contributed by atoms with Crippen molar-refractivity contribution < 1.29 is 49.3 Å². The van der Waals surface area contributed by atoms with E-state index >= 15 is 0 Å². The summed E-state index contributed by atoms with van der Waals surface area (Å²) in [6.45, 7) is 5.67. The Hall–Kier alpha value is -3.16. The van der Waals surface area contributed by atoms with Crippen LogP contribution in [0.5, 0.6) is 0 Å². The van der Waals surface area contributed by atoms with Crippen LogP contribution in [0.25, 0.3) is 0 Å². The first kappa shape index (κ1) is 74.9. The molecular formula is C69H121NO10. The van der Waals surface area contributed by atoms with Crippen molar-refractivity contribution >= 4 is 11.9 Å². The molecule has 1 saturated heterocycles. The van der Waals surface area contributed by atoms with Crippen molar-refractivity contribution in [2.75, 3.05) is 13.2 Å². The number of hydrogen-bond acceptors (Lipinski definition) is 10. The minimum atomic E-state index is -1.62. The van der Waals surface area contributed by atoms with E-state index in [4.69, 9.17) is 14.2 Å². The number of nitrogens with one attached hydrogen (secondary N) is 1. The lowest BCUT2D eigenvalue weighted by molar-refractivity contribution is -0.305. The molecule has 6 N–H and O–H groups in total. The van der Waals surface area contributed by atoms with Gasteiger partial charge in [0, 0.05) is 6.42 Å². The van der Waals surface area contributed by atoms with E-state index in [1.165, 1.54) is 109 Å². The zero-order valence-electron chi connectivity index (χ0n) is 51.2. The minimum Gasteiger partial charge on any atom is -0.454 e. The van der Waals surface area contributed by atoms with Crippen molar-refractivity contribution in [2.24, 2.45) is 0 Å². The fourth-order valence-corrected chi connectivity index (χ4v) is 9.85. The number of ether oxygens (including phenoxy) is 3. The predicted octanol–water partition coefficient (Wildman–Crippen LogP) is 16.1. The van der Waals surface area contributed by atoms with Crippen LogP contribution >= 0.6 is 0 Å². The first-order valence-corrected chi connectivity index (χ1v) is 32.9. The van der Waals surface area contributed by atoms with Crippen LogP contribution in [-0.2, 0) is 23.8 Å². The molecule has 1 aliphatic heterocycles. The third-order valence-corrected chi connectivity index (χ3v) is 15.0. The Morgan fingerprint density at radius 2 is 0.900 bits per heavy atom. The number of aliphatic hydroxyl groups excluding tert-OH is 5. The average Bonchev–Trinajstić information content (AvgIpc) is 3.48. The monoisotopic (exact) mass is 1120 g/mol. The lowest BCUT2D eigenvalue weighted by Crippen LogP contribution is -2.61. The highest BCUT2D eigenvalue weighted by Crippen LogP contribution is 2.26. The van der Waals surface area contributed by atoms with Gasteiger partial charge >= 0.3 is 5.97 Å². The Kier molecular flexibility index (Phi) is 52.7. The maximum atomic E-state index is 13.5. The van der Waals surface area contributed by atoms with Gasteiger partial charge < -0.3 is 45.1 Å². The molecule has 1 rings (SSSR count). The van der Waals surface area contributed by atoms with Crippen LogP contribution in [0.4, 0.5) is 0 Å². The van der Waals surface area contributed by atoms with Gasteiger partial charge in [-0.15, -0.1) is 0 Å². The first-order valence-electron chi connectivity index (χ1n) is 32.9. The molecule has 11 heteroatoms. The van der Waals surface area contributed by atoms with Crippen molar-refractivity contribution in [1.82, 2.24) is 5.32 Å². The molecule has 8 atom stereocenters. The molecule has 0 saturated carbocycles. The molecular weight excluding hydrogens is 1000 g/mol. The number of amides is 1. The Morgan fingerprint density at radius 1 is 0.500 bits per heavy atom. The number of rotatable bonds is 55. The summed E-state index contributed by atoms with van der Waals surface area (Å²) in [6, 6.07) is -1.04. The van der Waals surface area contributed by atoms with E-state index in [9.17, 15) is 35.1 Å². The first-order chi connectivity index (χ1) is 39.2. The summed E-state index contributed by atoms with van der Waals surface area (Å²) in [4.78, 5) is 26.6. The number of esters is 1. The SMILES string of the molecule is CC/C=C\C/C=C\C/C=C\C/C=C\C/C=C\CCCCCCCCC(O)C(=O)NC(COC1OC(CO)C(O)C(O)C1OC(=O)CCCCCCCCC/C=C/CCCCCCCC)C(O)/C=C/CCCCCCCCCCCC. The Labute approximate surface area is 489 Å². The number of unbranched alkanes of at least 4 members (excludes halogenated alkanes) is 29. The van der Waals surface area contributed by atoms with Gasteiger partial charge in [-0.05, 0) is 96.3 Å². The van der Waals surface area contributed by atoms with Crippen molar-refractivity contribution in [3.8, 4) is 0 Å². The topological polar surface area (TPSA) is 175 Å². The highest BCUT2D eigenvalue weighted by Gasteiger charge is 2.47. The molecule has 0 aromatic carbocycles. The smallest absolute Gasteiger partial charge is 0.306 e. The van der Waals surface area contributed by atoms with Crippen molar-refractivity contribution in [1.29, 1.82) is 0 Å². The fraction of sp³-hybridized carbons (Fsp3) is 0.768. The van der Waals surface area contributed by atoms with E-state index in [-0.39, 0.29) is 19.4 Å². The maximum absolute atomic E-state index is 13.5. The van der Waals surface area contributed by atoms with Crippen LogP contribution in [0.15, 0.2) is 85.1 Å². The largest absolute Gasteiger partial charge is 0.454 e. The van der Waals surface area contributed by atoms with E-state index in [0.29, 0.717) is 12.8 Å². The summed E-state index contributed by atoms with van der Waals surface area (Å²) in [6.07, 6.45) is 63.3. The molecule has 1 aliphatic rings. The van der Waals surface area contributed by atoms with Gasteiger partial charge in [-0.2, -0.15) is 0 Å². The molecule has 11 nitrogen and oxygen atoms in total. The van der Waals surface area contributed by atoms with Crippen molar-refractivity contribution in [3.05, 3.63) is 85.1 Å². The van der Waals surface area contributed by atoms with Crippen molar-refractivity contribution in [3.63, 3.8) is 0 Å². The van der Waals surface area contributed by atoms with Crippen LogP contribution in [0.1, 0.15) is 278 Å². The number of hydrogen-bond donors (Lipinski definition) is 6. The van der Waals surface area contributed by atoms with Crippen molar-refractivity contribution in [2.45, 2.75) is 327 Å². The van der Waals surface area contributed by atoms with Gasteiger partial charge in [-0.1, -0.05) is 260 Å². The predicted molar refractivity (Wildman–Crippen MR) is 333 cm³/mol. The van der Waals surface area contributed by atoms with Gasteiger partial charge in [-0.3, -0.25) is 9.59 Å². The van der Waals surface area contributed by atoms with Gasteiger partial charge in [-0.25, -0.2) is 0 Å². The lowest BCUT2D eigenvalue weighted by atomic mass is 9.99. The molecule has 0 aromatic heterocycles. The molecule has 0 bridgehead atoms. The molecule has 462 valence electrons. The second-order valence-electron chi connectivity index (χ2n) is 22.5. The quantitative estimate of drug-likeness (QED) is 0.0195. The second kappa shape index (κ2) is 56.3. The van der Waals surface area contributed by atoms with Gasteiger partial charge in [0.2, 0.25) is 5.91 Å². The fourth-order valence-electron chi connectivity index (χ4n) is 9.85. The third-order valence-electron chi connectivity index (χ3n) is 15.0. The van der Waals surface area contributed by atoms with E-state index in [1.807, 2.05) is 6.08 Å². The molecule has 80 heavy (non-hydrogen) atoms. The highest BCUT2D eigenvalue weighted by molar-refractivity contribution is 5.80. The van der Waals surface area contributed by atoms with Gasteiger partial charge in [0.15, 0.2) is 12.4 Å². The summed E-state index contributed by atoms with van der Waals surface area (Å²) >= 11 is 0. The minimum absolute atomic E-state index is 0.115. The Bertz CT molecular complexity index is 1620.